The highest BCUT2D eigenvalue weighted by molar-refractivity contribution is 6.37. The van der Waals surface area contributed by atoms with Crippen LogP contribution in [0.25, 0.3) is 0 Å². The van der Waals surface area contributed by atoms with Gasteiger partial charge < -0.3 is 11.2 Å². The number of nitrogens with one attached hydrogen (secondary N) is 2. The molecule has 0 amide bonds. The van der Waals surface area contributed by atoms with Crippen molar-refractivity contribution in [2.24, 2.45) is 0 Å². The Morgan fingerprint density at radius 1 is 1.42 bits per heavy atom. The fourth-order valence-corrected chi connectivity index (χ4v) is 1.45. The maximum Gasteiger partial charge on any atom is 0.372 e. The second kappa shape index (κ2) is 4.87. The second-order valence-electron chi connectivity index (χ2n) is 5.63. The summed E-state index contributed by atoms with van der Waals surface area (Å²) in [7, 11) is 0. The van der Waals surface area contributed by atoms with E-state index < -0.39 is 23.0 Å². The van der Waals surface area contributed by atoms with Gasteiger partial charge in [0.15, 0.2) is 11.7 Å². The zero-order valence-corrected chi connectivity index (χ0v) is 11.8. The van der Waals surface area contributed by atoms with Crippen molar-refractivity contribution in [2.45, 2.75) is 46.1 Å². The molecule has 8 nitrogen and oxygen atoms in total. The van der Waals surface area contributed by atoms with Crippen LogP contribution in [0.5, 0.6) is 0 Å². The molecular weight excluding hydrogens is 248 g/mol. The third kappa shape index (κ3) is 3.21. The monoisotopic (exact) mass is 268 g/mol. The van der Waals surface area contributed by atoms with Crippen LogP contribution >= 0.6 is 0 Å². The van der Waals surface area contributed by atoms with Gasteiger partial charge in [-0.3, -0.25) is 10.2 Å². The van der Waals surface area contributed by atoms with E-state index in [2.05, 4.69) is 10.4 Å². The summed E-state index contributed by atoms with van der Waals surface area (Å²) in [4.78, 5) is 23.8. The molecule has 0 aromatic carbocycles. The standard InChI is InChI=1S/C11H20N6O2/c1-6(2)8-15-17(10(19)16(8)13)9(18)7(12)14-11(3,4)5/h6H,13H2,1-5H3,(H2,12,14). The Hall–Kier alpha value is -2.12. The van der Waals surface area contributed by atoms with Crippen LogP contribution < -0.4 is 16.8 Å². The Morgan fingerprint density at radius 2 is 1.95 bits per heavy atom. The SMILES string of the molecule is CC(C)c1nn(C(=O)C(=N)NC(C)(C)C)c(=O)n1N. The Bertz CT molecular complexity index is 561. The second-order valence-corrected chi connectivity index (χ2v) is 5.63. The van der Waals surface area contributed by atoms with Gasteiger partial charge in [-0.2, -0.15) is 4.68 Å². The van der Waals surface area contributed by atoms with Gasteiger partial charge in [-0.25, -0.2) is 4.79 Å². The molecule has 8 heteroatoms. The van der Waals surface area contributed by atoms with E-state index in [4.69, 9.17) is 11.3 Å². The molecule has 0 fully saturated rings. The summed E-state index contributed by atoms with van der Waals surface area (Å²) in [6, 6.07) is 0. The molecule has 0 aliphatic rings. The van der Waals surface area contributed by atoms with E-state index in [1.54, 1.807) is 34.6 Å². The average Bonchev–Trinajstić information content (AvgIpc) is 2.53. The van der Waals surface area contributed by atoms with Crippen molar-refractivity contribution in [3.05, 3.63) is 16.3 Å². The number of nitrogen functional groups attached to an aromatic ring is 1. The lowest BCUT2D eigenvalue weighted by molar-refractivity contribution is 0.0962. The molecule has 1 rings (SSSR count). The summed E-state index contributed by atoms with van der Waals surface area (Å²) >= 11 is 0. The number of nitrogens with zero attached hydrogens (tertiary/aromatic N) is 3. The number of carbonyl (C=O) groups excluding carboxylic acids is 1. The number of amidine groups is 1. The van der Waals surface area contributed by atoms with Crippen molar-refractivity contribution in [3.8, 4) is 0 Å². The molecule has 1 aromatic heterocycles. The maximum atomic E-state index is 12.0. The number of carbonyl (C=O) groups is 1. The van der Waals surface area contributed by atoms with Gasteiger partial charge in [0.25, 0.3) is 0 Å². The minimum Gasteiger partial charge on any atom is -0.361 e. The molecule has 0 atom stereocenters. The molecule has 1 heterocycles. The van der Waals surface area contributed by atoms with Gasteiger partial charge in [0.2, 0.25) is 0 Å². The van der Waals surface area contributed by atoms with Crippen LogP contribution in [-0.4, -0.2) is 31.7 Å². The van der Waals surface area contributed by atoms with Gasteiger partial charge in [0.05, 0.1) is 0 Å². The topological polar surface area (TPSA) is 119 Å². The van der Waals surface area contributed by atoms with Crippen molar-refractivity contribution in [1.29, 1.82) is 5.41 Å². The normalized spacial score (nSPS) is 11.7. The van der Waals surface area contributed by atoms with Crippen LogP contribution in [0, 0.1) is 5.41 Å². The first-order valence-electron chi connectivity index (χ1n) is 5.93. The molecule has 0 bridgehead atoms. The molecule has 0 aliphatic carbocycles. The van der Waals surface area contributed by atoms with Gasteiger partial charge in [-0.05, 0) is 20.8 Å². The summed E-state index contributed by atoms with van der Waals surface area (Å²) in [6.07, 6.45) is 0. The van der Waals surface area contributed by atoms with Gasteiger partial charge in [0, 0.05) is 11.5 Å². The van der Waals surface area contributed by atoms with Crippen LogP contribution in [-0.2, 0) is 0 Å². The Balaban J connectivity index is 3.11. The quantitative estimate of drug-likeness (QED) is 0.373. The minimum atomic E-state index is -0.828. The third-order valence-corrected chi connectivity index (χ3v) is 2.26. The molecule has 19 heavy (non-hydrogen) atoms. The molecule has 0 aliphatic heterocycles. The van der Waals surface area contributed by atoms with Crippen molar-refractivity contribution >= 4 is 11.7 Å². The average molecular weight is 268 g/mol. The third-order valence-electron chi connectivity index (χ3n) is 2.26. The zero-order chi connectivity index (χ0) is 15.0. The van der Waals surface area contributed by atoms with Crippen LogP contribution in [0.4, 0.5) is 0 Å². The fourth-order valence-electron chi connectivity index (χ4n) is 1.45. The Morgan fingerprint density at radius 3 is 2.32 bits per heavy atom. The first-order chi connectivity index (χ1) is 8.54. The number of aromatic nitrogens is 3. The van der Waals surface area contributed by atoms with E-state index in [1.165, 1.54) is 0 Å². The largest absolute Gasteiger partial charge is 0.372 e. The highest BCUT2D eigenvalue weighted by Crippen LogP contribution is 2.07. The highest BCUT2D eigenvalue weighted by Gasteiger charge is 2.24. The van der Waals surface area contributed by atoms with Crippen molar-refractivity contribution < 1.29 is 4.79 Å². The molecule has 106 valence electrons. The van der Waals surface area contributed by atoms with Gasteiger partial charge >= 0.3 is 11.6 Å². The number of hydrogen-bond acceptors (Lipinski definition) is 5. The first-order valence-corrected chi connectivity index (χ1v) is 5.93. The highest BCUT2D eigenvalue weighted by atomic mass is 16.2. The lowest BCUT2D eigenvalue weighted by atomic mass is 10.1. The van der Waals surface area contributed by atoms with Crippen LogP contribution in [0.15, 0.2) is 4.79 Å². The van der Waals surface area contributed by atoms with E-state index in [1.807, 2.05) is 0 Å². The maximum absolute atomic E-state index is 12.0. The van der Waals surface area contributed by atoms with E-state index in [-0.39, 0.29) is 5.92 Å². The lowest BCUT2D eigenvalue weighted by Crippen LogP contribution is -2.47. The van der Waals surface area contributed by atoms with E-state index in [0.29, 0.717) is 10.5 Å². The predicted molar refractivity (Wildman–Crippen MR) is 72.0 cm³/mol. The van der Waals surface area contributed by atoms with Crippen molar-refractivity contribution in [1.82, 2.24) is 19.8 Å². The molecule has 0 radical (unpaired) electrons. The number of rotatable bonds is 1. The van der Waals surface area contributed by atoms with E-state index in [9.17, 15) is 9.59 Å². The summed E-state index contributed by atoms with van der Waals surface area (Å²) in [5.41, 5.74) is -1.21. The summed E-state index contributed by atoms with van der Waals surface area (Å²) in [5.74, 6) is 4.51. The number of nitrogens with two attached hydrogens (primary N) is 1. The van der Waals surface area contributed by atoms with Crippen LogP contribution in [0.3, 0.4) is 0 Å². The predicted octanol–water partition coefficient (Wildman–Crippen LogP) is -0.112. The summed E-state index contributed by atoms with van der Waals surface area (Å²) in [6.45, 7) is 9.02. The van der Waals surface area contributed by atoms with Gasteiger partial charge in [-0.1, -0.05) is 13.8 Å². The summed E-state index contributed by atoms with van der Waals surface area (Å²) < 4.78 is 1.43. The molecule has 0 saturated carbocycles. The molecular formula is C11H20N6O2. The minimum absolute atomic E-state index is 0.100. The molecule has 0 spiro atoms. The zero-order valence-electron chi connectivity index (χ0n) is 11.8. The Labute approximate surface area is 111 Å². The first kappa shape index (κ1) is 14.9. The van der Waals surface area contributed by atoms with Crippen LogP contribution in [0.1, 0.15) is 51.2 Å². The summed E-state index contributed by atoms with van der Waals surface area (Å²) in [5, 5.41) is 14.2. The molecule has 1 aromatic rings. The molecule has 4 N–H and O–H groups in total. The molecule has 0 unspecified atom stereocenters. The number of hydrogen-bond donors (Lipinski definition) is 3. The molecule has 0 saturated heterocycles. The smallest absolute Gasteiger partial charge is 0.361 e. The van der Waals surface area contributed by atoms with Crippen molar-refractivity contribution in [2.75, 3.05) is 5.84 Å². The Kier molecular flexibility index (Phi) is 3.83. The van der Waals surface area contributed by atoms with E-state index in [0.717, 1.165) is 4.68 Å². The van der Waals surface area contributed by atoms with Gasteiger partial charge in [-0.15, -0.1) is 9.78 Å². The van der Waals surface area contributed by atoms with E-state index >= 15 is 0 Å². The lowest BCUT2D eigenvalue weighted by Gasteiger charge is -2.21. The van der Waals surface area contributed by atoms with Crippen molar-refractivity contribution in [3.63, 3.8) is 0 Å². The van der Waals surface area contributed by atoms with Crippen LogP contribution in [0.2, 0.25) is 0 Å². The van der Waals surface area contributed by atoms with Gasteiger partial charge in [0.1, 0.15) is 0 Å². The fraction of sp³-hybridized carbons (Fsp3) is 0.636.